The van der Waals surface area contributed by atoms with E-state index in [0.717, 1.165) is 5.56 Å². The van der Waals surface area contributed by atoms with Gasteiger partial charge in [0.2, 0.25) is 0 Å². The molecule has 0 bridgehead atoms. The largest absolute Gasteiger partial charge is 0.707 e. The van der Waals surface area contributed by atoms with Gasteiger partial charge in [-0.15, -0.1) is 0 Å². The maximum atomic E-state index is 11.4. The van der Waals surface area contributed by atoms with Crippen LogP contribution in [0, 0.1) is 0 Å². The Balaban J connectivity index is 2.44. The summed E-state index contributed by atoms with van der Waals surface area (Å²) in [5, 5.41) is 19.9. The Morgan fingerprint density at radius 3 is 2.32 bits per heavy atom. The second-order valence-electron chi connectivity index (χ2n) is 4.94. The first kappa shape index (κ1) is 15.3. The third-order valence-corrected chi connectivity index (χ3v) is 2.00. The van der Waals surface area contributed by atoms with Crippen LogP contribution in [0.5, 0.6) is 5.75 Å². The van der Waals surface area contributed by atoms with E-state index in [2.05, 4.69) is 9.97 Å². The van der Waals surface area contributed by atoms with Gasteiger partial charge in [-0.1, -0.05) is 12.1 Å². The fraction of sp³-hybridized carbons (Fsp3) is 0.417. The number of nitrogens with one attached hydrogen (secondary N) is 1. The first-order chi connectivity index (χ1) is 8.76. The third-order valence-electron chi connectivity index (χ3n) is 2.00. The summed E-state index contributed by atoms with van der Waals surface area (Å²) in [5.74, 6) is 0.330. The van der Waals surface area contributed by atoms with Crippen LogP contribution in [0.1, 0.15) is 26.3 Å². The fourth-order valence-corrected chi connectivity index (χ4v) is 1.30. The van der Waals surface area contributed by atoms with E-state index in [9.17, 15) is 4.79 Å². The molecule has 0 aliphatic rings. The Kier molecular flexibility index (Phi) is 5.20. The number of benzene rings is 1. The monoisotopic (exact) mass is 267 g/mol. The van der Waals surface area contributed by atoms with Crippen molar-refractivity contribution in [2.24, 2.45) is 0 Å². The second-order valence-corrected chi connectivity index (χ2v) is 4.94. The zero-order valence-electron chi connectivity index (χ0n) is 11.2. The molecule has 104 valence electrons. The quantitative estimate of drug-likeness (QED) is 0.710. The molecule has 0 saturated carbocycles. The Morgan fingerprint density at radius 1 is 1.26 bits per heavy atom. The number of amides is 1. The Labute approximate surface area is 112 Å². The number of carbonyl (C=O) groups is 1. The van der Waals surface area contributed by atoms with E-state index < -0.39 is 19.0 Å². The van der Waals surface area contributed by atoms with Gasteiger partial charge in [0.05, 0.1) is 0 Å². The molecule has 0 radical (unpaired) electrons. The van der Waals surface area contributed by atoms with Crippen molar-refractivity contribution in [2.45, 2.75) is 32.9 Å². The van der Waals surface area contributed by atoms with Crippen LogP contribution in [0.4, 0.5) is 4.79 Å². The lowest BCUT2D eigenvalue weighted by Crippen LogP contribution is -2.32. The van der Waals surface area contributed by atoms with Crippen molar-refractivity contribution in [1.82, 2.24) is 5.32 Å². The van der Waals surface area contributed by atoms with E-state index in [1.54, 1.807) is 45.0 Å². The zero-order valence-corrected chi connectivity index (χ0v) is 11.2. The van der Waals surface area contributed by atoms with Crippen molar-refractivity contribution in [3.05, 3.63) is 29.8 Å². The molecule has 0 atom stereocenters. The summed E-state index contributed by atoms with van der Waals surface area (Å²) in [6, 6.07) is 6.56. The average molecular weight is 267 g/mol. The number of hydrogen-bond acceptors (Lipinski definition) is 5. The first-order valence-corrected chi connectivity index (χ1v) is 5.85. The van der Waals surface area contributed by atoms with Crippen molar-refractivity contribution in [3.63, 3.8) is 0 Å². The number of rotatable bonds is 4. The molecule has 0 heterocycles. The summed E-state index contributed by atoms with van der Waals surface area (Å²) in [4.78, 5) is 11.4. The van der Waals surface area contributed by atoms with Crippen LogP contribution in [-0.2, 0) is 11.3 Å². The molecule has 0 aliphatic heterocycles. The fourth-order valence-electron chi connectivity index (χ4n) is 1.30. The standard InChI is InChI=1S/C12H18BNO5/c1-12(2,3)18-11(15)14-8-9-4-6-10(7-5-9)19-13(16)17/h4-7,16-17H,8H2,1-3H3,(H,14,15). The molecule has 0 spiro atoms. The van der Waals surface area contributed by atoms with E-state index in [-0.39, 0.29) is 0 Å². The van der Waals surface area contributed by atoms with Gasteiger partial charge in [-0.2, -0.15) is 0 Å². The first-order valence-electron chi connectivity index (χ1n) is 5.85. The topological polar surface area (TPSA) is 88.0 Å². The molecule has 0 saturated heterocycles. The third kappa shape index (κ3) is 6.68. The smallest absolute Gasteiger partial charge is 0.512 e. The summed E-state index contributed by atoms with van der Waals surface area (Å²) < 4.78 is 9.75. The molecule has 1 rings (SSSR count). The predicted molar refractivity (Wildman–Crippen MR) is 70.3 cm³/mol. The van der Waals surface area contributed by atoms with Crippen molar-refractivity contribution in [3.8, 4) is 5.75 Å². The number of hydrogen-bond donors (Lipinski definition) is 3. The molecule has 6 nitrogen and oxygen atoms in total. The zero-order chi connectivity index (χ0) is 14.5. The highest BCUT2D eigenvalue weighted by atomic mass is 16.6. The number of ether oxygens (including phenoxy) is 1. The second kappa shape index (κ2) is 6.44. The summed E-state index contributed by atoms with van der Waals surface area (Å²) >= 11 is 0. The molecule has 0 aromatic heterocycles. The van der Waals surface area contributed by atoms with Crippen molar-refractivity contribution >= 4 is 13.4 Å². The van der Waals surface area contributed by atoms with Gasteiger partial charge >= 0.3 is 13.4 Å². The predicted octanol–water partition coefficient (Wildman–Crippen LogP) is 1.06. The molecule has 1 aromatic carbocycles. The Morgan fingerprint density at radius 2 is 1.84 bits per heavy atom. The maximum absolute atomic E-state index is 11.4. The van der Waals surface area contributed by atoms with Gasteiger partial charge in [-0.05, 0) is 38.5 Å². The van der Waals surface area contributed by atoms with E-state index >= 15 is 0 Å². The minimum Gasteiger partial charge on any atom is -0.512 e. The summed E-state index contributed by atoms with van der Waals surface area (Å²) in [6.45, 7) is 5.69. The van der Waals surface area contributed by atoms with Crippen molar-refractivity contribution in [2.75, 3.05) is 0 Å². The molecule has 0 aliphatic carbocycles. The molecular formula is C12H18BNO5. The van der Waals surface area contributed by atoms with Gasteiger partial charge in [-0.25, -0.2) is 4.79 Å². The number of alkyl carbamates (subject to hydrolysis) is 1. The summed E-state index contributed by atoms with van der Waals surface area (Å²) in [7, 11) is -1.84. The van der Waals surface area contributed by atoms with Gasteiger partial charge in [0.1, 0.15) is 11.4 Å². The van der Waals surface area contributed by atoms with E-state index in [4.69, 9.17) is 14.8 Å². The van der Waals surface area contributed by atoms with Crippen molar-refractivity contribution in [1.29, 1.82) is 0 Å². The molecule has 0 unspecified atom stereocenters. The number of carbonyl (C=O) groups excluding carboxylic acids is 1. The Bertz CT molecular complexity index is 413. The van der Waals surface area contributed by atoms with Crippen LogP contribution >= 0.6 is 0 Å². The molecular weight excluding hydrogens is 249 g/mol. The van der Waals surface area contributed by atoms with Gasteiger partial charge in [0, 0.05) is 6.54 Å². The lowest BCUT2D eigenvalue weighted by molar-refractivity contribution is 0.0523. The maximum Gasteiger partial charge on any atom is 0.707 e. The van der Waals surface area contributed by atoms with Crippen LogP contribution in [0.2, 0.25) is 0 Å². The molecule has 7 heteroatoms. The highest BCUT2D eigenvalue weighted by molar-refractivity contribution is 6.33. The summed E-state index contributed by atoms with van der Waals surface area (Å²) in [6.07, 6.45) is -0.487. The Hall–Kier alpha value is -1.73. The van der Waals surface area contributed by atoms with Gasteiger partial charge in [0.15, 0.2) is 0 Å². The van der Waals surface area contributed by atoms with Gasteiger partial charge in [-0.3, -0.25) is 0 Å². The molecule has 3 N–H and O–H groups in total. The molecule has 1 aromatic rings. The highest BCUT2D eigenvalue weighted by Crippen LogP contribution is 2.12. The van der Waals surface area contributed by atoms with Crippen LogP contribution in [-0.4, -0.2) is 29.1 Å². The normalized spacial score (nSPS) is 10.8. The average Bonchev–Trinajstić information content (AvgIpc) is 2.25. The summed E-state index contributed by atoms with van der Waals surface area (Å²) in [5.41, 5.74) is 0.310. The molecule has 19 heavy (non-hydrogen) atoms. The highest BCUT2D eigenvalue weighted by Gasteiger charge is 2.15. The van der Waals surface area contributed by atoms with E-state index in [1.165, 1.54) is 0 Å². The molecule has 1 amide bonds. The van der Waals surface area contributed by atoms with Crippen LogP contribution in [0.3, 0.4) is 0 Å². The van der Waals surface area contributed by atoms with Crippen LogP contribution in [0.25, 0.3) is 0 Å². The van der Waals surface area contributed by atoms with E-state index in [1.807, 2.05) is 0 Å². The minimum atomic E-state index is -1.84. The molecule has 0 fully saturated rings. The lowest BCUT2D eigenvalue weighted by Gasteiger charge is -2.19. The minimum absolute atomic E-state index is 0.316. The van der Waals surface area contributed by atoms with E-state index in [0.29, 0.717) is 12.3 Å². The van der Waals surface area contributed by atoms with Gasteiger partial charge < -0.3 is 24.8 Å². The van der Waals surface area contributed by atoms with Gasteiger partial charge in [0.25, 0.3) is 0 Å². The van der Waals surface area contributed by atoms with Crippen molar-refractivity contribution < 1.29 is 24.2 Å². The van der Waals surface area contributed by atoms with Crippen LogP contribution in [0.15, 0.2) is 24.3 Å². The van der Waals surface area contributed by atoms with Crippen LogP contribution < -0.4 is 9.97 Å². The SMILES string of the molecule is CC(C)(C)OC(=O)NCc1ccc(OB(O)O)cc1. The lowest BCUT2D eigenvalue weighted by atomic mass is 10.2.